The third kappa shape index (κ3) is 2.16. The van der Waals surface area contributed by atoms with Crippen LogP contribution in [0.5, 0.6) is 0 Å². The number of carboxylic acid groups (broad SMARTS) is 1. The summed E-state index contributed by atoms with van der Waals surface area (Å²) in [5.74, 6) is -1.05. The number of rotatable bonds is 2. The number of thiazole rings is 1. The molecule has 0 bridgehead atoms. The Balaban J connectivity index is 2.05. The predicted molar refractivity (Wildman–Crippen MR) is 76.6 cm³/mol. The SMILES string of the molecule is Cc1cccc2sc([C@@H]3CC=CC[C@@H]3C(=O)O)nc12. The molecule has 3 rings (SSSR count). The lowest BCUT2D eigenvalue weighted by atomic mass is 9.83. The zero-order valence-corrected chi connectivity index (χ0v) is 11.5. The van der Waals surface area contributed by atoms with Crippen LogP contribution in [0.15, 0.2) is 30.4 Å². The van der Waals surface area contributed by atoms with Crippen LogP contribution in [0.2, 0.25) is 0 Å². The Morgan fingerprint density at radius 1 is 1.37 bits per heavy atom. The van der Waals surface area contributed by atoms with Crippen LogP contribution in [0.4, 0.5) is 0 Å². The maximum absolute atomic E-state index is 11.4. The fourth-order valence-corrected chi connectivity index (χ4v) is 3.85. The van der Waals surface area contributed by atoms with E-state index in [0.717, 1.165) is 27.2 Å². The van der Waals surface area contributed by atoms with Gasteiger partial charge in [-0.1, -0.05) is 24.3 Å². The van der Waals surface area contributed by atoms with Crippen molar-refractivity contribution in [2.45, 2.75) is 25.7 Å². The molecule has 1 aromatic heterocycles. The molecule has 0 radical (unpaired) electrons. The van der Waals surface area contributed by atoms with Gasteiger partial charge in [0.2, 0.25) is 0 Å². The number of hydrogen-bond donors (Lipinski definition) is 1. The lowest BCUT2D eigenvalue weighted by molar-refractivity contribution is -0.142. The standard InChI is InChI=1S/C15H15NO2S/c1-9-5-4-8-12-13(9)16-14(19-12)10-6-2-3-7-11(10)15(17)18/h2-5,8,10-11H,6-7H2,1H3,(H,17,18)/t10-,11+/m1/s1. The van der Waals surface area contributed by atoms with Crippen LogP contribution >= 0.6 is 11.3 Å². The number of carboxylic acids is 1. The van der Waals surface area contributed by atoms with E-state index in [1.165, 1.54) is 0 Å². The van der Waals surface area contributed by atoms with Gasteiger partial charge in [0, 0.05) is 5.92 Å². The topological polar surface area (TPSA) is 50.2 Å². The highest BCUT2D eigenvalue weighted by Gasteiger charge is 2.32. The molecule has 0 unspecified atom stereocenters. The summed E-state index contributed by atoms with van der Waals surface area (Å²) in [6.45, 7) is 2.04. The fourth-order valence-electron chi connectivity index (χ4n) is 2.62. The van der Waals surface area contributed by atoms with Gasteiger partial charge >= 0.3 is 5.97 Å². The monoisotopic (exact) mass is 273 g/mol. The van der Waals surface area contributed by atoms with Crippen LogP contribution in [0, 0.1) is 12.8 Å². The molecule has 1 heterocycles. The van der Waals surface area contributed by atoms with Gasteiger partial charge in [0.05, 0.1) is 21.1 Å². The van der Waals surface area contributed by atoms with E-state index in [1.807, 2.05) is 25.1 Å². The number of hydrogen-bond acceptors (Lipinski definition) is 3. The highest BCUT2D eigenvalue weighted by atomic mass is 32.1. The molecule has 1 aromatic carbocycles. The molecule has 0 saturated heterocycles. The Kier molecular flexibility index (Phi) is 3.11. The van der Waals surface area contributed by atoms with Crippen molar-refractivity contribution in [1.82, 2.24) is 4.98 Å². The molecule has 19 heavy (non-hydrogen) atoms. The molecule has 4 heteroatoms. The van der Waals surface area contributed by atoms with Crippen molar-refractivity contribution in [3.8, 4) is 0 Å². The van der Waals surface area contributed by atoms with E-state index >= 15 is 0 Å². The van der Waals surface area contributed by atoms with Crippen LogP contribution in [0.1, 0.15) is 29.3 Å². The van der Waals surface area contributed by atoms with Gasteiger partial charge in [0.1, 0.15) is 0 Å². The molecule has 2 atom stereocenters. The Labute approximate surface area is 115 Å². The van der Waals surface area contributed by atoms with Crippen LogP contribution in [0.25, 0.3) is 10.2 Å². The summed E-state index contributed by atoms with van der Waals surface area (Å²) in [6, 6.07) is 6.12. The molecule has 1 aliphatic rings. The number of para-hydroxylation sites is 1. The number of allylic oxidation sites excluding steroid dienone is 2. The third-order valence-corrected chi connectivity index (χ3v) is 4.86. The quantitative estimate of drug-likeness (QED) is 0.848. The number of benzene rings is 1. The smallest absolute Gasteiger partial charge is 0.307 e. The van der Waals surface area contributed by atoms with Crippen LogP contribution in [0.3, 0.4) is 0 Å². The fraction of sp³-hybridized carbons (Fsp3) is 0.333. The van der Waals surface area contributed by atoms with Crippen LogP contribution in [-0.2, 0) is 4.79 Å². The van der Waals surface area contributed by atoms with Crippen molar-refractivity contribution >= 4 is 27.5 Å². The average Bonchev–Trinajstić information content (AvgIpc) is 2.84. The lowest BCUT2D eigenvalue weighted by Crippen LogP contribution is -2.23. The maximum Gasteiger partial charge on any atom is 0.307 e. The Morgan fingerprint density at radius 2 is 2.16 bits per heavy atom. The van der Waals surface area contributed by atoms with Crippen LogP contribution < -0.4 is 0 Å². The average molecular weight is 273 g/mol. The zero-order chi connectivity index (χ0) is 13.4. The van der Waals surface area contributed by atoms with E-state index in [1.54, 1.807) is 11.3 Å². The molecule has 0 saturated carbocycles. The number of carbonyl (C=O) groups is 1. The molecular formula is C15H15NO2S. The van der Waals surface area contributed by atoms with E-state index in [-0.39, 0.29) is 11.8 Å². The minimum absolute atomic E-state index is 0.0132. The summed E-state index contributed by atoms with van der Waals surface area (Å²) < 4.78 is 1.15. The first-order chi connectivity index (χ1) is 9.16. The Hall–Kier alpha value is -1.68. The van der Waals surface area contributed by atoms with Gasteiger partial charge in [-0.2, -0.15) is 0 Å². The van der Waals surface area contributed by atoms with Crippen molar-refractivity contribution in [1.29, 1.82) is 0 Å². The van der Waals surface area contributed by atoms with E-state index in [0.29, 0.717) is 6.42 Å². The molecular weight excluding hydrogens is 258 g/mol. The van der Waals surface area contributed by atoms with Crippen molar-refractivity contribution in [3.63, 3.8) is 0 Å². The van der Waals surface area contributed by atoms with E-state index in [2.05, 4.69) is 17.1 Å². The van der Waals surface area contributed by atoms with Crippen LogP contribution in [-0.4, -0.2) is 16.1 Å². The van der Waals surface area contributed by atoms with E-state index in [9.17, 15) is 9.90 Å². The number of aryl methyl sites for hydroxylation is 1. The highest BCUT2D eigenvalue weighted by Crippen LogP contribution is 2.38. The second kappa shape index (κ2) is 4.78. The summed E-state index contributed by atoms with van der Waals surface area (Å²) >= 11 is 1.63. The van der Waals surface area contributed by atoms with Gasteiger partial charge in [-0.15, -0.1) is 11.3 Å². The van der Waals surface area contributed by atoms with Gasteiger partial charge in [-0.25, -0.2) is 4.98 Å². The van der Waals surface area contributed by atoms with Crippen molar-refractivity contribution in [3.05, 3.63) is 40.9 Å². The minimum atomic E-state index is -0.717. The number of nitrogens with zero attached hydrogens (tertiary/aromatic N) is 1. The molecule has 2 aromatic rings. The number of aliphatic carboxylic acids is 1. The van der Waals surface area contributed by atoms with Gasteiger partial charge < -0.3 is 5.11 Å². The first-order valence-corrected chi connectivity index (χ1v) is 7.22. The first kappa shape index (κ1) is 12.4. The van der Waals surface area contributed by atoms with Crippen molar-refractivity contribution in [2.24, 2.45) is 5.92 Å². The maximum atomic E-state index is 11.4. The summed E-state index contributed by atoms with van der Waals surface area (Å²) in [4.78, 5) is 16.1. The summed E-state index contributed by atoms with van der Waals surface area (Å²) in [5, 5.41) is 10.3. The minimum Gasteiger partial charge on any atom is -0.481 e. The van der Waals surface area contributed by atoms with Crippen molar-refractivity contribution < 1.29 is 9.90 Å². The second-order valence-electron chi connectivity index (χ2n) is 4.97. The van der Waals surface area contributed by atoms with Gasteiger partial charge in [0.15, 0.2) is 0 Å². The molecule has 0 aliphatic heterocycles. The third-order valence-electron chi connectivity index (χ3n) is 3.70. The van der Waals surface area contributed by atoms with E-state index in [4.69, 9.17) is 0 Å². The molecule has 0 spiro atoms. The molecule has 0 amide bonds. The van der Waals surface area contributed by atoms with Gasteiger partial charge in [-0.05, 0) is 31.4 Å². The second-order valence-corrected chi connectivity index (χ2v) is 6.03. The van der Waals surface area contributed by atoms with Gasteiger partial charge in [-0.3, -0.25) is 4.79 Å². The summed E-state index contributed by atoms with van der Waals surface area (Å²) in [6.07, 6.45) is 5.42. The number of aromatic nitrogens is 1. The molecule has 98 valence electrons. The summed E-state index contributed by atoms with van der Waals surface area (Å²) in [7, 11) is 0. The largest absolute Gasteiger partial charge is 0.481 e. The van der Waals surface area contributed by atoms with Gasteiger partial charge in [0.25, 0.3) is 0 Å². The predicted octanol–water partition coefficient (Wildman–Crippen LogP) is 3.74. The summed E-state index contributed by atoms with van der Waals surface area (Å²) in [5.41, 5.74) is 2.17. The highest BCUT2D eigenvalue weighted by molar-refractivity contribution is 7.18. The molecule has 1 N–H and O–H groups in total. The number of fused-ring (bicyclic) bond motifs is 1. The Bertz CT molecular complexity index is 659. The van der Waals surface area contributed by atoms with E-state index < -0.39 is 5.97 Å². The zero-order valence-electron chi connectivity index (χ0n) is 10.7. The molecule has 1 aliphatic carbocycles. The van der Waals surface area contributed by atoms with Crippen molar-refractivity contribution in [2.75, 3.05) is 0 Å². The molecule has 3 nitrogen and oxygen atoms in total. The molecule has 0 fully saturated rings. The first-order valence-electron chi connectivity index (χ1n) is 6.40. The Morgan fingerprint density at radius 3 is 2.89 bits per heavy atom. The lowest BCUT2D eigenvalue weighted by Gasteiger charge is -2.22. The normalized spacial score (nSPS) is 22.8.